The minimum Gasteiger partial charge on any atom is -0.324 e. The molecular formula is C26H18N4O4S2. The Morgan fingerprint density at radius 3 is 1.39 bits per heavy atom. The standard InChI is InChI=1S/C26H18N4O4S2/c31-21-25(17-5-1-3-7-19(17)27-21)23(33)29(13-35-25)15-9-11-16(12-10-15)30-14-36-26(24(30)34)18-6-2-4-8-20(18)28-22(26)32/h1-12H,13-14H2,(H,27,31)(H,28,32). The minimum absolute atomic E-state index is 0.284. The first-order valence-electron chi connectivity index (χ1n) is 11.3. The largest absolute Gasteiger partial charge is 0.324 e. The third-order valence-corrected chi connectivity index (χ3v) is 9.94. The predicted molar refractivity (Wildman–Crippen MR) is 140 cm³/mol. The second-order valence-corrected chi connectivity index (χ2v) is 11.2. The molecule has 0 aromatic heterocycles. The summed E-state index contributed by atoms with van der Waals surface area (Å²) in [5.74, 6) is -0.546. The Hall–Kier alpha value is -3.76. The molecule has 4 aliphatic heterocycles. The zero-order chi connectivity index (χ0) is 24.7. The van der Waals surface area contributed by atoms with E-state index in [1.54, 1.807) is 46.2 Å². The third kappa shape index (κ3) is 2.57. The minimum atomic E-state index is -1.29. The number of hydrogen-bond donors (Lipinski definition) is 2. The molecule has 8 nitrogen and oxygen atoms in total. The molecule has 2 spiro atoms. The number of carbonyl (C=O) groups is 4. The van der Waals surface area contributed by atoms with Gasteiger partial charge in [-0.05, 0) is 36.4 Å². The van der Waals surface area contributed by atoms with Gasteiger partial charge in [0.25, 0.3) is 23.6 Å². The first-order valence-corrected chi connectivity index (χ1v) is 13.3. The summed E-state index contributed by atoms with van der Waals surface area (Å²) >= 11 is 2.60. The number of para-hydroxylation sites is 2. The average molecular weight is 515 g/mol. The van der Waals surface area contributed by atoms with Crippen molar-refractivity contribution in [2.24, 2.45) is 0 Å². The molecule has 4 heterocycles. The summed E-state index contributed by atoms with van der Waals surface area (Å²) < 4.78 is -2.57. The van der Waals surface area contributed by atoms with Crippen LogP contribution in [0.2, 0.25) is 0 Å². The summed E-state index contributed by atoms with van der Waals surface area (Å²) in [4.78, 5) is 56.1. The number of nitrogens with one attached hydrogen (secondary N) is 2. The highest BCUT2D eigenvalue weighted by Crippen LogP contribution is 2.53. The second-order valence-electron chi connectivity index (χ2n) is 8.89. The molecular weight excluding hydrogens is 496 g/mol. The molecule has 4 aliphatic rings. The van der Waals surface area contributed by atoms with Crippen LogP contribution in [0.15, 0.2) is 72.8 Å². The van der Waals surface area contributed by atoms with Crippen molar-refractivity contribution in [3.05, 3.63) is 83.9 Å². The maximum absolute atomic E-state index is 13.6. The SMILES string of the molecule is O=C1Nc2ccccc2C12SCN(c1ccc(N3CSC4(C(=O)Nc5ccccc54)C3=O)cc1)C2=O. The van der Waals surface area contributed by atoms with Gasteiger partial charge in [-0.25, -0.2) is 0 Å². The molecule has 0 aliphatic carbocycles. The number of carbonyl (C=O) groups excluding carboxylic acids is 4. The monoisotopic (exact) mass is 514 g/mol. The van der Waals surface area contributed by atoms with E-state index in [-0.39, 0.29) is 23.6 Å². The van der Waals surface area contributed by atoms with Crippen LogP contribution in [0.25, 0.3) is 0 Å². The van der Waals surface area contributed by atoms with Gasteiger partial charge < -0.3 is 20.4 Å². The lowest BCUT2D eigenvalue weighted by molar-refractivity contribution is -0.129. The van der Waals surface area contributed by atoms with Crippen molar-refractivity contribution in [3.8, 4) is 0 Å². The van der Waals surface area contributed by atoms with Crippen LogP contribution in [0.5, 0.6) is 0 Å². The molecule has 7 rings (SSSR count). The highest BCUT2D eigenvalue weighted by molar-refractivity contribution is 8.02. The first-order chi connectivity index (χ1) is 17.5. The smallest absolute Gasteiger partial charge is 0.258 e. The fraction of sp³-hybridized carbons (Fsp3) is 0.154. The molecule has 0 saturated carbocycles. The summed E-state index contributed by atoms with van der Waals surface area (Å²) in [5.41, 5.74) is 3.98. The number of anilines is 4. The zero-order valence-corrected chi connectivity index (χ0v) is 20.3. The predicted octanol–water partition coefficient (Wildman–Crippen LogP) is 3.46. The van der Waals surface area contributed by atoms with Gasteiger partial charge in [0.2, 0.25) is 9.49 Å². The van der Waals surface area contributed by atoms with Crippen LogP contribution in [-0.2, 0) is 28.7 Å². The van der Waals surface area contributed by atoms with E-state index >= 15 is 0 Å². The van der Waals surface area contributed by atoms with Crippen LogP contribution in [0, 0.1) is 0 Å². The van der Waals surface area contributed by atoms with Crippen molar-refractivity contribution >= 4 is 69.9 Å². The van der Waals surface area contributed by atoms with Crippen molar-refractivity contribution in [2.75, 3.05) is 32.2 Å². The van der Waals surface area contributed by atoms with E-state index in [0.29, 0.717) is 45.6 Å². The van der Waals surface area contributed by atoms with Crippen molar-refractivity contribution in [1.82, 2.24) is 0 Å². The number of rotatable bonds is 2. The Labute approximate surface area is 214 Å². The summed E-state index contributed by atoms with van der Waals surface area (Å²) in [5, 5.41) is 5.66. The molecule has 10 heteroatoms. The van der Waals surface area contributed by atoms with E-state index in [0.717, 1.165) is 0 Å². The van der Waals surface area contributed by atoms with Gasteiger partial charge in [-0.2, -0.15) is 0 Å². The summed E-state index contributed by atoms with van der Waals surface area (Å²) in [6, 6.07) is 21.6. The number of benzene rings is 3. The fourth-order valence-electron chi connectivity index (χ4n) is 5.31. The van der Waals surface area contributed by atoms with E-state index in [1.807, 2.05) is 36.4 Å². The maximum atomic E-state index is 13.6. The van der Waals surface area contributed by atoms with Gasteiger partial charge >= 0.3 is 0 Å². The Morgan fingerprint density at radius 1 is 0.583 bits per heavy atom. The average Bonchev–Trinajstić information content (AvgIpc) is 3.59. The van der Waals surface area contributed by atoms with Crippen molar-refractivity contribution in [3.63, 3.8) is 0 Å². The van der Waals surface area contributed by atoms with Gasteiger partial charge in [-0.3, -0.25) is 19.2 Å². The van der Waals surface area contributed by atoms with E-state index in [4.69, 9.17) is 0 Å². The molecule has 36 heavy (non-hydrogen) atoms. The molecule has 0 bridgehead atoms. The van der Waals surface area contributed by atoms with Gasteiger partial charge in [0, 0.05) is 33.9 Å². The Balaban J connectivity index is 1.17. The van der Waals surface area contributed by atoms with Crippen molar-refractivity contribution < 1.29 is 19.2 Å². The molecule has 3 aromatic carbocycles. The van der Waals surface area contributed by atoms with Gasteiger partial charge in [-0.1, -0.05) is 36.4 Å². The van der Waals surface area contributed by atoms with E-state index in [2.05, 4.69) is 10.6 Å². The van der Waals surface area contributed by atoms with E-state index in [9.17, 15) is 19.2 Å². The third-order valence-electron chi connectivity index (χ3n) is 7.13. The Kier molecular flexibility index (Phi) is 4.41. The van der Waals surface area contributed by atoms with E-state index in [1.165, 1.54) is 23.5 Å². The molecule has 2 N–H and O–H groups in total. The highest BCUT2D eigenvalue weighted by Gasteiger charge is 2.60. The van der Waals surface area contributed by atoms with Gasteiger partial charge in [0.1, 0.15) is 0 Å². The first kappa shape index (κ1) is 21.5. The lowest BCUT2D eigenvalue weighted by Crippen LogP contribution is -2.42. The molecule has 2 saturated heterocycles. The topological polar surface area (TPSA) is 98.8 Å². The fourth-order valence-corrected chi connectivity index (χ4v) is 7.99. The molecule has 2 fully saturated rings. The number of nitrogens with zero attached hydrogens (tertiary/aromatic N) is 2. The zero-order valence-electron chi connectivity index (χ0n) is 18.7. The quantitative estimate of drug-likeness (QED) is 0.509. The highest BCUT2D eigenvalue weighted by atomic mass is 32.2. The summed E-state index contributed by atoms with van der Waals surface area (Å²) in [6.45, 7) is 0. The van der Waals surface area contributed by atoms with Crippen LogP contribution < -0.4 is 20.4 Å². The number of hydrogen-bond acceptors (Lipinski definition) is 6. The number of thioether (sulfide) groups is 2. The van der Waals surface area contributed by atoms with Crippen LogP contribution in [0.3, 0.4) is 0 Å². The molecule has 0 radical (unpaired) electrons. The van der Waals surface area contributed by atoms with Crippen molar-refractivity contribution in [1.29, 1.82) is 0 Å². The lowest BCUT2D eigenvalue weighted by atomic mass is 9.97. The Morgan fingerprint density at radius 2 is 0.972 bits per heavy atom. The summed E-state index contributed by atoms with van der Waals surface area (Å²) in [6.07, 6.45) is 0. The van der Waals surface area contributed by atoms with Crippen LogP contribution in [-0.4, -0.2) is 35.4 Å². The van der Waals surface area contributed by atoms with Gasteiger partial charge in [0.15, 0.2) is 0 Å². The molecule has 4 amide bonds. The van der Waals surface area contributed by atoms with Gasteiger partial charge in [0.05, 0.1) is 11.8 Å². The number of fused-ring (bicyclic) bond motifs is 4. The van der Waals surface area contributed by atoms with E-state index < -0.39 is 9.49 Å². The Bertz CT molecular complexity index is 1400. The second kappa shape index (κ2) is 7.37. The normalized spacial score (nSPS) is 26.1. The van der Waals surface area contributed by atoms with Crippen molar-refractivity contribution in [2.45, 2.75) is 9.49 Å². The van der Waals surface area contributed by atoms with Crippen LogP contribution in [0.4, 0.5) is 22.7 Å². The molecule has 3 aromatic rings. The maximum Gasteiger partial charge on any atom is 0.258 e. The molecule has 2 atom stereocenters. The summed E-state index contributed by atoms with van der Waals surface area (Å²) in [7, 11) is 0. The van der Waals surface area contributed by atoms with Crippen LogP contribution in [0.1, 0.15) is 11.1 Å². The number of amides is 4. The van der Waals surface area contributed by atoms with Gasteiger partial charge in [-0.15, -0.1) is 23.5 Å². The van der Waals surface area contributed by atoms with Crippen LogP contribution >= 0.6 is 23.5 Å². The lowest BCUT2D eigenvalue weighted by Gasteiger charge is -2.22. The molecule has 178 valence electrons. The molecule has 2 unspecified atom stereocenters.